The molecule has 0 saturated heterocycles. The summed E-state index contributed by atoms with van der Waals surface area (Å²) in [6.45, 7) is 11.6. The predicted octanol–water partition coefficient (Wildman–Crippen LogP) is 16.3. The number of phosphoric acid groups is 2. The Bertz CT molecular complexity index is 1600. The number of carbonyl (C=O) groups excluding carboxylic acids is 4. The Hall–Kier alpha value is -1.94. The van der Waals surface area contributed by atoms with Crippen molar-refractivity contribution in [3.05, 3.63) is 0 Å². The van der Waals surface area contributed by atoms with Gasteiger partial charge in [-0.1, -0.05) is 241 Å². The highest BCUT2D eigenvalue weighted by Gasteiger charge is 2.30. The molecule has 474 valence electrons. The number of hydrogen-bond donors (Lipinski definition) is 3. The van der Waals surface area contributed by atoms with E-state index in [1.807, 2.05) is 0 Å². The molecule has 3 unspecified atom stereocenters. The van der Waals surface area contributed by atoms with Crippen LogP contribution in [-0.4, -0.2) is 96.7 Å². The van der Waals surface area contributed by atoms with Gasteiger partial charge in [0.05, 0.1) is 26.4 Å². The van der Waals surface area contributed by atoms with Crippen LogP contribution in [0.15, 0.2) is 0 Å². The molecule has 0 aromatic heterocycles. The third-order valence-electron chi connectivity index (χ3n) is 14.2. The van der Waals surface area contributed by atoms with Gasteiger partial charge in [0.2, 0.25) is 0 Å². The first-order valence-electron chi connectivity index (χ1n) is 31.9. The summed E-state index contributed by atoms with van der Waals surface area (Å²) < 4.78 is 67.7. The van der Waals surface area contributed by atoms with Crippen LogP contribution >= 0.6 is 15.6 Å². The van der Waals surface area contributed by atoms with Crippen molar-refractivity contribution in [2.24, 2.45) is 17.8 Å². The molecule has 19 heteroatoms. The molecule has 17 nitrogen and oxygen atoms in total. The lowest BCUT2D eigenvalue weighted by Crippen LogP contribution is -2.30. The summed E-state index contributed by atoms with van der Waals surface area (Å²) in [7, 11) is -9.87. The Kier molecular flexibility index (Phi) is 51.3. The summed E-state index contributed by atoms with van der Waals surface area (Å²) in [5.41, 5.74) is 0. The molecule has 0 bridgehead atoms. The summed E-state index contributed by atoms with van der Waals surface area (Å²) in [6.07, 6.45) is 32.5. The van der Waals surface area contributed by atoms with Gasteiger partial charge in [0, 0.05) is 25.7 Å². The molecule has 0 aliphatic heterocycles. The number of hydrogen-bond acceptors (Lipinski definition) is 15. The van der Waals surface area contributed by atoms with E-state index in [4.69, 9.17) is 37.0 Å². The average molecular weight is 1190 g/mol. The number of unbranched alkanes of at least 4 members (excludes halogenated alkanes) is 26. The van der Waals surface area contributed by atoms with E-state index < -0.39 is 97.5 Å². The van der Waals surface area contributed by atoms with Crippen LogP contribution in [0.3, 0.4) is 0 Å². The van der Waals surface area contributed by atoms with Crippen molar-refractivity contribution in [1.29, 1.82) is 0 Å². The molecule has 0 saturated carbocycles. The predicted molar refractivity (Wildman–Crippen MR) is 317 cm³/mol. The van der Waals surface area contributed by atoms with E-state index in [0.717, 1.165) is 108 Å². The number of carbonyl (C=O) groups is 4. The third kappa shape index (κ3) is 54.0. The number of esters is 4. The van der Waals surface area contributed by atoms with Crippen LogP contribution in [-0.2, 0) is 65.4 Å². The summed E-state index contributed by atoms with van der Waals surface area (Å²) in [6, 6.07) is 0. The van der Waals surface area contributed by atoms with Gasteiger partial charge in [0.25, 0.3) is 0 Å². The van der Waals surface area contributed by atoms with Crippen molar-refractivity contribution in [3.63, 3.8) is 0 Å². The maximum absolute atomic E-state index is 12.9. The lowest BCUT2D eigenvalue weighted by Gasteiger charge is -2.21. The summed E-state index contributed by atoms with van der Waals surface area (Å²) >= 11 is 0. The van der Waals surface area contributed by atoms with Gasteiger partial charge in [0.15, 0.2) is 12.2 Å². The molecule has 0 radical (unpaired) electrons. The standard InChI is InChI=1S/C61H118O17P2/c1-8-10-11-25-35-42-58(63)71-48-56(77-61(66)45-38-31-24-18-20-27-33-40-53(5)6)50-75-79(67,68)73-46-55(62)47-74-80(69,70)76-51-57(49-72-59(64)43-36-29-22-17-16-19-26-32-39-52(3)4)78-60(65)44-37-30-23-15-13-12-14-21-28-34-41-54(7)9-2/h52-57,62H,8-51H2,1-7H3,(H,67,68)(H,69,70)/t54?,55-,56+,57+/m0/s1. The third-order valence-corrected chi connectivity index (χ3v) is 16.1. The van der Waals surface area contributed by atoms with Gasteiger partial charge in [-0.3, -0.25) is 37.3 Å². The first-order chi connectivity index (χ1) is 38.3. The second kappa shape index (κ2) is 52.6. The molecule has 0 aromatic rings. The van der Waals surface area contributed by atoms with E-state index in [9.17, 15) is 43.2 Å². The topological polar surface area (TPSA) is 237 Å². The van der Waals surface area contributed by atoms with Crippen LogP contribution in [0.1, 0.15) is 292 Å². The van der Waals surface area contributed by atoms with Gasteiger partial charge in [-0.15, -0.1) is 0 Å². The fourth-order valence-corrected chi connectivity index (χ4v) is 10.5. The molecular formula is C61H118O17P2. The summed E-state index contributed by atoms with van der Waals surface area (Å²) in [5.74, 6) is 0.0727. The van der Waals surface area contributed by atoms with Crippen LogP contribution in [0.5, 0.6) is 0 Å². The molecule has 3 N–H and O–H groups in total. The molecule has 0 rings (SSSR count). The van der Waals surface area contributed by atoms with E-state index in [1.165, 1.54) is 96.3 Å². The molecule has 0 aliphatic carbocycles. The van der Waals surface area contributed by atoms with Gasteiger partial charge in [0.1, 0.15) is 19.3 Å². The SMILES string of the molecule is CCCCCCCC(=O)OC[C@H](COP(=O)(O)OC[C@H](O)COP(=O)(O)OC[C@@H](COC(=O)CCCCCCCCCCC(C)C)OC(=O)CCCCCCCCCCCCC(C)CC)OC(=O)CCCCCCCCCC(C)C. The summed E-state index contributed by atoms with van der Waals surface area (Å²) in [5, 5.41) is 10.5. The van der Waals surface area contributed by atoms with Crippen LogP contribution in [0, 0.1) is 17.8 Å². The van der Waals surface area contributed by atoms with E-state index in [2.05, 4.69) is 48.5 Å². The molecule has 80 heavy (non-hydrogen) atoms. The first kappa shape index (κ1) is 78.1. The highest BCUT2D eigenvalue weighted by molar-refractivity contribution is 7.47. The van der Waals surface area contributed by atoms with Crippen molar-refractivity contribution < 1.29 is 80.2 Å². The minimum Gasteiger partial charge on any atom is -0.462 e. The van der Waals surface area contributed by atoms with Crippen molar-refractivity contribution in [3.8, 4) is 0 Å². The zero-order chi connectivity index (χ0) is 59.5. The number of aliphatic hydroxyl groups is 1. The molecule has 0 aromatic carbocycles. The Balaban J connectivity index is 5.19. The van der Waals surface area contributed by atoms with Gasteiger partial charge in [-0.25, -0.2) is 9.13 Å². The highest BCUT2D eigenvalue weighted by atomic mass is 31.2. The first-order valence-corrected chi connectivity index (χ1v) is 34.9. The van der Waals surface area contributed by atoms with E-state index in [-0.39, 0.29) is 25.7 Å². The fourth-order valence-electron chi connectivity index (χ4n) is 8.92. The van der Waals surface area contributed by atoms with Crippen molar-refractivity contribution in [2.45, 2.75) is 311 Å². The van der Waals surface area contributed by atoms with Crippen LogP contribution in [0.2, 0.25) is 0 Å². The Morgan fingerprint density at radius 1 is 0.362 bits per heavy atom. The monoisotopic (exact) mass is 1180 g/mol. The molecule has 0 heterocycles. The maximum Gasteiger partial charge on any atom is 0.472 e. The second-order valence-corrected chi connectivity index (χ2v) is 26.2. The van der Waals surface area contributed by atoms with E-state index in [0.29, 0.717) is 31.6 Å². The summed E-state index contributed by atoms with van der Waals surface area (Å²) in [4.78, 5) is 71.8. The smallest absolute Gasteiger partial charge is 0.462 e. The highest BCUT2D eigenvalue weighted by Crippen LogP contribution is 2.45. The van der Waals surface area contributed by atoms with Crippen LogP contribution in [0.4, 0.5) is 0 Å². The van der Waals surface area contributed by atoms with Gasteiger partial charge < -0.3 is 33.8 Å². The number of ether oxygens (including phenoxy) is 4. The number of phosphoric ester groups is 2. The van der Waals surface area contributed by atoms with Crippen LogP contribution < -0.4 is 0 Å². The zero-order valence-electron chi connectivity index (χ0n) is 51.5. The Morgan fingerprint density at radius 3 is 0.950 bits per heavy atom. The lowest BCUT2D eigenvalue weighted by molar-refractivity contribution is -0.161. The largest absolute Gasteiger partial charge is 0.472 e. The molecule has 0 spiro atoms. The average Bonchev–Trinajstić information content (AvgIpc) is 3.41. The molecule has 0 aliphatic rings. The van der Waals surface area contributed by atoms with Gasteiger partial charge in [-0.05, 0) is 43.4 Å². The minimum absolute atomic E-state index is 0.102. The Morgan fingerprint density at radius 2 is 0.637 bits per heavy atom. The molecular weight excluding hydrogens is 1070 g/mol. The fraction of sp³-hybridized carbons (Fsp3) is 0.934. The minimum atomic E-state index is -4.94. The van der Waals surface area contributed by atoms with Crippen molar-refractivity contribution >= 4 is 39.5 Å². The quantitative estimate of drug-likeness (QED) is 0.0222. The normalized spacial score (nSPS) is 14.8. The maximum atomic E-state index is 12.9. The molecule has 0 amide bonds. The molecule has 6 atom stereocenters. The van der Waals surface area contributed by atoms with Gasteiger partial charge >= 0.3 is 39.5 Å². The van der Waals surface area contributed by atoms with Gasteiger partial charge in [-0.2, -0.15) is 0 Å². The van der Waals surface area contributed by atoms with Crippen molar-refractivity contribution in [1.82, 2.24) is 0 Å². The number of aliphatic hydroxyl groups excluding tert-OH is 1. The van der Waals surface area contributed by atoms with Crippen LogP contribution in [0.25, 0.3) is 0 Å². The second-order valence-electron chi connectivity index (χ2n) is 23.3. The molecule has 0 fully saturated rings. The van der Waals surface area contributed by atoms with E-state index in [1.54, 1.807) is 0 Å². The zero-order valence-corrected chi connectivity index (χ0v) is 53.3. The lowest BCUT2D eigenvalue weighted by atomic mass is 9.99. The van der Waals surface area contributed by atoms with E-state index >= 15 is 0 Å². The number of rotatable bonds is 59. The van der Waals surface area contributed by atoms with Crippen molar-refractivity contribution in [2.75, 3.05) is 39.6 Å². The Labute approximate surface area is 486 Å².